The molecule has 0 spiro atoms. The van der Waals surface area contributed by atoms with Crippen LogP contribution in [0.15, 0.2) is 42.5 Å². The fourth-order valence-corrected chi connectivity index (χ4v) is 4.82. The minimum atomic E-state index is -0.372. The Hall–Kier alpha value is -3.22. The largest absolute Gasteiger partial charge is 0.338 e. The van der Waals surface area contributed by atoms with Crippen molar-refractivity contribution in [3.8, 4) is 0 Å². The van der Waals surface area contributed by atoms with Gasteiger partial charge in [-0.05, 0) is 68.1 Å². The maximum absolute atomic E-state index is 13.2. The van der Waals surface area contributed by atoms with Crippen molar-refractivity contribution >= 4 is 28.5 Å². The zero-order chi connectivity index (χ0) is 22.1. The van der Waals surface area contributed by atoms with Crippen molar-refractivity contribution < 1.29 is 14.0 Å². The van der Waals surface area contributed by atoms with Crippen LogP contribution in [0.2, 0.25) is 0 Å². The fraction of sp³-hybridized carbons (Fsp3) is 0.400. The lowest BCUT2D eigenvalue weighted by molar-refractivity contribution is -0.121. The van der Waals surface area contributed by atoms with Gasteiger partial charge in [0.2, 0.25) is 5.91 Å². The van der Waals surface area contributed by atoms with E-state index in [0.717, 1.165) is 48.4 Å². The predicted molar refractivity (Wildman–Crippen MR) is 121 cm³/mol. The smallest absolute Gasteiger partial charge is 0.253 e. The second-order valence-electron chi connectivity index (χ2n) is 8.78. The monoisotopic (exact) mass is 434 g/mol. The molecular formula is C25H27FN4O2. The molecule has 2 aromatic carbocycles. The summed E-state index contributed by atoms with van der Waals surface area (Å²) in [5, 5.41) is 3.03. The number of carbonyl (C=O) groups is 2. The number of halogens is 1. The number of nitrogens with zero attached hydrogens (tertiary/aromatic N) is 3. The van der Waals surface area contributed by atoms with Crippen LogP contribution < -0.4 is 5.32 Å². The van der Waals surface area contributed by atoms with Gasteiger partial charge in [0.1, 0.15) is 11.6 Å². The number of imidazole rings is 1. The third-order valence-electron chi connectivity index (χ3n) is 6.55. The van der Waals surface area contributed by atoms with Gasteiger partial charge in [-0.2, -0.15) is 0 Å². The van der Waals surface area contributed by atoms with E-state index < -0.39 is 0 Å². The topological polar surface area (TPSA) is 67.2 Å². The van der Waals surface area contributed by atoms with Gasteiger partial charge in [0.25, 0.3) is 5.91 Å². The lowest BCUT2D eigenvalue weighted by atomic mass is 9.96. The molecule has 1 N–H and O–H groups in total. The molecule has 2 aliphatic heterocycles. The summed E-state index contributed by atoms with van der Waals surface area (Å²) in [7, 11) is 0. The number of carbonyl (C=O) groups excluding carboxylic acids is 2. The van der Waals surface area contributed by atoms with Gasteiger partial charge < -0.3 is 14.8 Å². The third-order valence-corrected chi connectivity index (χ3v) is 6.55. The predicted octanol–water partition coefficient (Wildman–Crippen LogP) is 4.39. The standard InChI is InChI=1S/C25H27FN4O2/c26-19-9-7-17(8-10-19)25(32)29-13-4-5-18(16-29)24(31)27-20-11-12-22-21(15-20)28-23-6-2-1-3-14-30(22)23/h7-12,15,18H,1-6,13-14,16H2,(H,27,31). The Morgan fingerprint density at radius 2 is 1.84 bits per heavy atom. The molecule has 1 unspecified atom stereocenters. The molecule has 3 heterocycles. The number of piperidine rings is 1. The van der Waals surface area contributed by atoms with Crippen LogP contribution in [0, 0.1) is 11.7 Å². The molecule has 5 rings (SSSR count). The molecule has 7 heteroatoms. The summed E-state index contributed by atoms with van der Waals surface area (Å²) in [6, 6.07) is 11.5. The number of fused-ring (bicyclic) bond motifs is 3. The summed E-state index contributed by atoms with van der Waals surface area (Å²) in [4.78, 5) is 32.2. The van der Waals surface area contributed by atoms with Crippen LogP contribution in [-0.2, 0) is 17.8 Å². The maximum Gasteiger partial charge on any atom is 0.253 e. The van der Waals surface area contributed by atoms with Gasteiger partial charge in [-0.25, -0.2) is 9.37 Å². The number of hydrogen-bond acceptors (Lipinski definition) is 3. The number of anilines is 1. The van der Waals surface area contributed by atoms with Crippen molar-refractivity contribution in [2.75, 3.05) is 18.4 Å². The average Bonchev–Trinajstić information content (AvgIpc) is 2.98. The Morgan fingerprint density at radius 3 is 2.69 bits per heavy atom. The summed E-state index contributed by atoms with van der Waals surface area (Å²) in [5.41, 5.74) is 3.21. The van der Waals surface area contributed by atoms with E-state index >= 15 is 0 Å². The summed E-state index contributed by atoms with van der Waals surface area (Å²) in [6.45, 7) is 1.97. The molecule has 0 radical (unpaired) electrons. The van der Waals surface area contributed by atoms with Gasteiger partial charge in [0.05, 0.1) is 17.0 Å². The van der Waals surface area contributed by atoms with Crippen molar-refractivity contribution in [2.45, 2.75) is 45.1 Å². The van der Waals surface area contributed by atoms with E-state index in [1.807, 2.05) is 18.2 Å². The minimum Gasteiger partial charge on any atom is -0.338 e. The number of amides is 2. The Bertz CT molecular complexity index is 1150. The molecule has 32 heavy (non-hydrogen) atoms. The van der Waals surface area contributed by atoms with Crippen molar-refractivity contribution in [1.29, 1.82) is 0 Å². The van der Waals surface area contributed by atoms with E-state index in [1.165, 1.54) is 43.5 Å². The molecule has 1 saturated heterocycles. The Labute approximate surface area is 186 Å². The van der Waals surface area contributed by atoms with E-state index in [0.29, 0.717) is 18.7 Å². The molecule has 1 aromatic heterocycles. The number of rotatable bonds is 3. The third kappa shape index (κ3) is 4.11. The molecule has 0 saturated carbocycles. The number of likely N-dealkylation sites (tertiary alicyclic amines) is 1. The highest BCUT2D eigenvalue weighted by molar-refractivity contribution is 5.97. The second-order valence-corrected chi connectivity index (χ2v) is 8.78. The average molecular weight is 435 g/mol. The number of benzene rings is 2. The van der Waals surface area contributed by atoms with Gasteiger partial charge in [0, 0.05) is 37.3 Å². The first-order valence-electron chi connectivity index (χ1n) is 11.4. The lowest BCUT2D eigenvalue weighted by Crippen LogP contribution is -2.43. The summed E-state index contributed by atoms with van der Waals surface area (Å²) < 4.78 is 15.5. The van der Waals surface area contributed by atoms with E-state index in [2.05, 4.69) is 9.88 Å². The van der Waals surface area contributed by atoms with Crippen LogP contribution in [-0.4, -0.2) is 39.4 Å². The molecule has 166 valence electrons. The quantitative estimate of drug-likeness (QED) is 0.665. The molecule has 0 bridgehead atoms. The molecule has 1 fully saturated rings. The van der Waals surface area contributed by atoms with E-state index in [1.54, 1.807) is 4.90 Å². The summed E-state index contributed by atoms with van der Waals surface area (Å²) in [5.74, 6) is 0.236. The van der Waals surface area contributed by atoms with Crippen molar-refractivity contribution in [2.24, 2.45) is 5.92 Å². The normalized spacial score (nSPS) is 18.8. The number of aromatic nitrogens is 2. The first-order chi connectivity index (χ1) is 15.6. The zero-order valence-corrected chi connectivity index (χ0v) is 18.0. The van der Waals surface area contributed by atoms with Crippen LogP contribution in [0.4, 0.5) is 10.1 Å². The first-order valence-corrected chi connectivity index (χ1v) is 11.4. The van der Waals surface area contributed by atoms with Gasteiger partial charge in [-0.3, -0.25) is 9.59 Å². The van der Waals surface area contributed by atoms with Gasteiger partial charge in [-0.15, -0.1) is 0 Å². The highest BCUT2D eigenvalue weighted by atomic mass is 19.1. The van der Waals surface area contributed by atoms with Gasteiger partial charge in [-0.1, -0.05) is 6.42 Å². The molecule has 6 nitrogen and oxygen atoms in total. The van der Waals surface area contributed by atoms with Crippen LogP contribution >= 0.6 is 0 Å². The Balaban J connectivity index is 1.27. The Morgan fingerprint density at radius 1 is 1.00 bits per heavy atom. The Kier molecular flexibility index (Phi) is 5.64. The van der Waals surface area contributed by atoms with Crippen LogP contribution in [0.1, 0.15) is 48.3 Å². The molecule has 3 aromatic rings. The zero-order valence-electron chi connectivity index (χ0n) is 18.0. The van der Waals surface area contributed by atoms with E-state index in [9.17, 15) is 14.0 Å². The first kappa shape index (κ1) is 20.7. The van der Waals surface area contributed by atoms with Crippen molar-refractivity contribution in [3.63, 3.8) is 0 Å². The number of hydrogen-bond donors (Lipinski definition) is 1. The highest BCUT2D eigenvalue weighted by Gasteiger charge is 2.29. The highest BCUT2D eigenvalue weighted by Crippen LogP contribution is 2.26. The van der Waals surface area contributed by atoms with Gasteiger partial charge >= 0.3 is 0 Å². The van der Waals surface area contributed by atoms with Crippen molar-refractivity contribution in [3.05, 3.63) is 59.7 Å². The minimum absolute atomic E-state index is 0.0817. The lowest BCUT2D eigenvalue weighted by Gasteiger charge is -2.32. The maximum atomic E-state index is 13.2. The van der Waals surface area contributed by atoms with Crippen LogP contribution in [0.5, 0.6) is 0 Å². The van der Waals surface area contributed by atoms with Gasteiger partial charge in [0.15, 0.2) is 0 Å². The molecule has 1 atom stereocenters. The molecule has 2 aliphatic rings. The number of nitrogens with one attached hydrogen (secondary N) is 1. The molecule has 0 aliphatic carbocycles. The summed E-state index contributed by atoms with van der Waals surface area (Å²) in [6.07, 6.45) is 6.07. The fourth-order valence-electron chi connectivity index (χ4n) is 4.82. The molecular weight excluding hydrogens is 407 g/mol. The summed E-state index contributed by atoms with van der Waals surface area (Å²) >= 11 is 0. The number of aryl methyl sites for hydroxylation is 2. The van der Waals surface area contributed by atoms with E-state index in [4.69, 9.17) is 4.98 Å². The second kappa shape index (κ2) is 8.73. The molecule has 2 amide bonds. The van der Waals surface area contributed by atoms with E-state index in [-0.39, 0.29) is 23.5 Å². The SMILES string of the molecule is O=C(Nc1ccc2c(c1)nc1n2CCCCC1)C1CCCN(C(=O)c2ccc(F)cc2)C1. The van der Waals surface area contributed by atoms with Crippen LogP contribution in [0.3, 0.4) is 0 Å². The van der Waals surface area contributed by atoms with Crippen LogP contribution in [0.25, 0.3) is 11.0 Å². The van der Waals surface area contributed by atoms with Crippen molar-refractivity contribution in [1.82, 2.24) is 14.5 Å².